The van der Waals surface area contributed by atoms with Gasteiger partial charge >= 0.3 is 0 Å². The number of anilines is 1. The average molecular weight is 435 g/mol. The first-order chi connectivity index (χ1) is 15.4. The smallest absolute Gasteiger partial charge is 0.257 e. The lowest BCUT2D eigenvalue weighted by Gasteiger charge is -2.48. The van der Waals surface area contributed by atoms with Crippen molar-refractivity contribution in [3.8, 4) is 0 Å². The van der Waals surface area contributed by atoms with Crippen LogP contribution in [0, 0.1) is 5.82 Å². The van der Waals surface area contributed by atoms with E-state index < -0.39 is 5.66 Å². The molecule has 2 aromatic carbocycles. The van der Waals surface area contributed by atoms with Gasteiger partial charge in [0.25, 0.3) is 5.91 Å². The second-order valence-corrected chi connectivity index (χ2v) is 8.97. The number of amides is 3. The van der Waals surface area contributed by atoms with Crippen LogP contribution in [0.3, 0.4) is 0 Å². The van der Waals surface area contributed by atoms with Crippen LogP contribution in [0.5, 0.6) is 0 Å². The largest absolute Gasteiger partial charge is 0.336 e. The van der Waals surface area contributed by atoms with E-state index in [1.165, 1.54) is 12.1 Å². The Balaban J connectivity index is 1.36. The fraction of sp³-hybridized carbons (Fsp3) is 0.400. The lowest BCUT2D eigenvalue weighted by atomic mass is 9.98. The molecule has 3 aliphatic heterocycles. The van der Waals surface area contributed by atoms with Crippen LogP contribution in [0.4, 0.5) is 10.1 Å². The lowest BCUT2D eigenvalue weighted by molar-refractivity contribution is -0.132. The molecule has 2 aromatic rings. The van der Waals surface area contributed by atoms with Gasteiger partial charge in [-0.3, -0.25) is 19.3 Å². The Hall–Kier alpha value is -3.22. The van der Waals surface area contributed by atoms with E-state index in [2.05, 4.69) is 0 Å². The quantitative estimate of drug-likeness (QED) is 0.732. The van der Waals surface area contributed by atoms with Crippen LogP contribution >= 0.6 is 0 Å². The van der Waals surface area contributed by atoms with Gasteiger partial charge in [-0.15, -0.1) is 0 Å². The number of carbonyl (C=O) groups is 3. The first-order valence-corrected chi connectivity index (χ1v) is 11.2. The zero-order chi connectivity index (χ0) is 22.5. The van der Waals surface area contributed by atoms with Crippen molar-refractivity contribution in [2.75, 3.05) is 18.0 Å². The number of nitrogens with zero attached hydrogens (tertiary/aromatic N) is 3. The molecule has 0 saturated carbocycles. The fourth-order valence-corrected chi connectivity index (χ4v) is 5.49. The maximum atomic E-state index is 13.4. The summed E-state index contributed by atoms with van der Waals surface area (Å²) in [4.78, 5) is 44.5. The highest BCUT2D eigenvalue weighted by atomic mass is 19.1. The van der Waals surface area contributed by atoms with Crippen LogP contribution in [0.2, 0.25) is 0 Å². The molecule has 2 atom stereocenters. The van der Waals surface area contributed by atoms with Gasteiger partial charge in [0, 0.05) is 25.9 Å². The highest BCUT2D eigenvalue weighted by Crippen LogP contribution is 2.44. The van der Waals surface area contributed by atoms with Crippen LogP contribution in [0.25, 0.3) is 0 Å². The molecule has 5 rings (SSSR count). The van der Waals surface area contributed by atoms with Gasteiger partial charge in [-0.25, -0.2) is 4.39 Å². The summed E-state index contributed by atoms with van der Waals surface area (Å²) in [6.45, 7) is 2.81. The molecular formula is C25H26FN3O3. The molecule has 0 aromatic heterocycles. The van der Waals surface area contributed by atoms with Crippen molar-refractivity contribution in [1.29, 1.82) is 0 Å². The molecule has 0 bridgehead atoms. The molecule has 2 saturated heterocycles. The normalized spacial score (nSPS) is 24.7. The Bertz CT molecular complexity index is 1090. The average Bonchev–Trinajstić information content (AvgIpc) is 3.39. The van der Waals surface area contributed by atoms with Crippen LogP contribution in [-0.2, 0) is 9.59 Å². The Morgan fingerprint density at radius 1 is 1.12 bits per heavy atom. The van der Waals surface area contributed by atoms with Crippen molar-refractivity contribution < 1.29 is 18.8 Å². The Morgan fingerprint density at radius 3 is 2.66 bits per heavy atom. The van der Waals surface area contributed by atoms with Crippen LogP contribution in [0.15, 0.2) is 48.5 Å². The highest BCUT2D eigenvalue weighted by Gasteiger charge is 2.52. The van der Waals surface area contributed by atoms with E-state index >= 15 is 0 Å². The molecule has 0 spiro atoms. The molecule has 7 heteroatoms. The highest BCUT2D eigenvalue weighted by molar-refractivity contribution is 6.10. The van der Waals surface area contributed by atoms with E-state index in [4.69, 9.17) is 0 Å². The Kier molecular flexibility index (Phi) is 4.99. The summed E-state index contributed by atoms with van der Waals surface area (Å²) in [6.07, 6.45) is 2.84. The molecule has 6 nitrogen and oxygen atoms in total. The van der Waals surface area contributed by atoms with Gasteiger partial charge in [-0.05, 0) is 56.0 Å². The summed E-state index contributed by atoms with van der Waals surface area (Å²) >= 11 is 0. The molecular weight excluding hydrogens is 409 g/mol. The van der Waals surface area contributed by atoms with Gasteiger partial charge in [-0.2, -0.15) is 0 Å². The number of likely N-dealkylation sites (tertiary alicyclic amines) is 1. The zero-order valence-corrected chi connectivity index (χ0v) is 18.1. The number of carbonyl (C=O) groups excluding carboxylic acids is 3. The Morgan fingerprint density at radius 2 is 1.88 bits per heavy atom. The summed E-state index contributed by atoms with van der Waals surface area (Å²) < 4.78 is 13.3. The van der Waals surface area contributed by atoms with Gasteiger partial charge in [0.1, 0.15) is 11.5 Å². The van der Waals surface area contributed by atoms with Crippen molar-refractivity contribution in [3.05, 3.63) is 65.5 Å². The number of hydrogen-bond donors (Lipinski definition) is 0. The third-order valence-corrected chi connectivity index (χ3v) is 7.12. The fourth-order valence-electron chi connectivity index (χ4n) is 5.49. The van der Waals surface area contributed by atoms with E-state index in [0.29, 0.717) is 30.6 Å². The van der Waals surface area contributed by atoms with Crippen molar-refractivity contribution in [2.45, 2.75) is 50.7 Å². The van der Waals surface area contributed by atoms with E-state index in [1.54, 1.807) is 34.1 Å². The molecule has 3 heterocycles. The molecule has 0 N–H and O–H groups in total. The van der Waals surface area contributed by atoms with Gasteiger partial charge in [-0.1, -0.05) is 24.3 Å². The van der Waals surface area contributed by atoms with Gasteiger partial charge < -0.3 is 9.80 Å². The van der Waals surface area contributed by atoms with Gasteiger partial charge in [0.2, 0.25) is 11.8 Å². The van der Waals surface area contributed by atoms with E-state index in [1.807, 2.05) is 24.0 Å². The molecule has 0 aliphatic carbocycles. The molecule has 32 heavy (non-hydrogen) atoms. The maximum absolute atomic E-state index is 13.4. The SMILES string of the molecule is CC12CCC(=O)N1c1ccccc1C(=O)N2CCC(=O)N1CCCC1c1ccc(F)cc1. The first kappa shape index (κ1) is 20.7. The molecule has 3 aliphatic rings. The Labute approximate surface area is 186 Å². The topological polar surface area (TPSA) is 60.9 Å². The number of hydrogen-bond acceptors (Lipinski definition) is 3. The van der Waals surface area contributed by atoms with Crippen molar-refractivity contribution in [2.24, 2.45) is 0 Å². The zero-order valence-electron chi connectivity index (χ0n) is 18.1. The second-order valence-electron chi connectivity index (χ2n) is 8.97. The number of rotatable bonds is 4. The van der Waals surface area contributed by atoms with Crippen LogP contribution in [-0.4, -0.2) is 46.3 Å². The van der Waals surface area contributed by atoms with E-state index in [0.717, 1.165) is 18.4 Å². The third kappa shape index (κ3) is 3.18. The number of fused-ring (bicyclic) bond motifs is 3. The summed E-state index contributed by atoms with van der Waals surface area (Å²) in [6, 6.07) is 13.4. The van der Waals surface area contributed by atoms with E-state index in [9.17, 15) is 18.8 Å². The van der Waals surface area contributed by atoms with Crippen molar-refractivity contribution in [1.82, 2.24) is 9.80 Å². The van der Waals surface area contributed by atoms with Crippen molar-refractivity contribution >= 4 is 23.4 Å². The van der Waals surface area contributed by atoms with Crippen LogP contribution < -0.4 is 4.90 Å². The summed E-state index contributed by atoms with van der Waals surface area (Å²) in [5.74, 6) is -0.460. The minimum atomic E-state index is -0.760. The third-order valence-electron chi connectivity index (χ3n) is 7.12. The first-order valence-electron chi connectivity index (χ1n) is 11.2. The van der Waals surface area contributed by atoms with E-state index in [-0.39, 0.29) is 42.5 Å². The monoisotopic (exact) mass is 435 g/mol. The van der Waals surface area contributed by atoms with Crippen LogP contribution in [0.1, 0.15) is 61.0 Å². The molecule has 166 valence electrons. The summed E-state index contributed by atoms with van der Waals surface area (Å²) in [7, 11) is 0. The number of halogens is 1. The minimum absolute atomic E-state index is 0.000284. The summed E-state index contributed by atoms with van der Waals surface area (Å²) in [5, 5.41) is 0. The molecule has 2 fully saturated rings. The molecule has 2 unspecified atom stereocenters. The molecule has 0 radical (unpaired) electrons. The number of para-hydroxylation sites is 1. The predicted octanol–water partition coefficient (Wildman–Crippen LogP) is 3.88. The minimum Gasteiger partial charge on any atom is -0.336 e. The maximum Gasteiger partial charge on any atom is 0.257 e. The van der Waals surface area contributed by atoms with Gasteiger partial charge in [0.15, 0.2) is 0 Å². The standard InChI is InChI=1S/C25H26FN3O3/c1-25-14-12-23(31)29(25)21-6-3-2-5-19(21)24(32)28(25)16-13-22(30)27-15-4-7-20(27)17-8-10-18(26)11-9-17/h2-3,5-6,8-11,20H,4,7,12-16H2,1H3. The van der Waals surface area contributed by atoms with Crippen molar-refractivity contribution in [3.63, 3.8) is 0 Å². The van der Waals surface area contributed by atoms with Gasteiger partial charge in [0.05, 0.1) is 17.3 Å². The predicted molar refractivity (Wildman–Crippen MR) is 117 cm³/mol. The molecule has 3 amide bonds. The number of benzene rings is 2. The second kappa shape index (κ2) is 7.73. The lowest BCUT2D eigenvalue weighted by Crippen LogP contribution is -2.62. The summed E-state index contributed by atoms with van der Waals surface area (Å²) in [5.41, 5.74) is 1.32.